The first-order chi connectivity index (χ1) is 7.98. The first-order valence-corrected chi connectivity index (χ1v) is 5.81. The van der Waals surface area contributed by atoms with Gasteiger partial charge in [-0.25, -0.2) is 4.79 Å². The fourth-order valence-corrected chi connectivity index (χ4v) is 2.11. The summed E-state index contributed by atoms with van der Waals surface area (Å²) in [6.07, 6.45) is 1.15. The Bertz CT molecular complexity index is 376. The van der Waals surface area contributed by atoms with E-state index < -0.39 is 17.4 Å². The van der Waals surface area contributed by atoms with Crippen LogP contribution in [0.3, 0.4) is 0 Å². The second kappa shape index (κ2) is 4.01. The quantitative estimate of drug-likeness (QED) is 0.699. The van der Waals surface area contributed by atoms with Gasteiger partial charge in [-0.15, -0.1) is 0 Å². The molecule has 2 aliphatic rings. The first-order valence-electron chi connectivity index (χ1n) is 5.81. The average molecular weight is 240 g/mol. The van der Waals surface area contributed by atoms with E-state index in [1.807, 2.05) is 6.92 Å². The normalized spacial score (nSPS) is 25.8. The zero-order valence-electron chi connectivity index (χ0n) is 9.73. The lowest BCUT2D eigenvalue weighted by Gasteiger charge is -2.16. The lowest BCUT2D eigenvalue weighted by Crippen LogP contribution is -2.46. The molecule has 1 unspecified atom stereocenters. The van der Waals surface area contributed by atoms with Crippen molar-refractivity contribution in [2.24, 2.45) is 5.92 Å². The van der Waals surface area contributed by atoms with Crippen LogP contribution in [-0.2, 0) is 14.4 Å². The molecule has 2 fully saturated rings. The molecule has 2 N–H and O–H groups in total. The van der Waals surface area contributed by atoms with Crippen molar-refractivity contribution in [2.45, 2.75) is 31.7 Å². The Labute approximate surface area is 99.0 Å². The number of aliphatic carboxylic acids is 1. The minimum absolute atomic E-state index is 0.0344. The third kappa shape index (κ3) is 2.11. The van der Waals surface area contributed by atoms with E-state index in [4.69, 9.17) is 5.11 Å². The number of nitrogens with one attached hydrogen (secondary N) is 1. The largest absolute Gasteiger partial charge is 0.480 e. The topological polar surface area (TPSA) is 86.7 Å². The molecule has 1 aliphatic carbocycles. The molecule has 0 aromatic carbocycles. The van der Waals surface area contributed by atoms with E-state index in [2.05, 4.69) is 5.32 Å². The van der Waals surface area contributed by atoms with Crippen LogP contribution in [0.15, 0.2) is 0 Å². The van der Waals surface area contributed by atoms with E-state index in [-0.39, 0.29) is 18.2 Å². The van der Waals surface area contributed by atoms with Gasteiger partial charge in [-0.3, -0.25) is 9.59 Å². The lowest BCUT2D eigenvalue weighted by atomic mass is 10.1. The fraction of sp³-hybridized carbons (Fsp3) is 0.727. The summed E-state index contributed by atoms with van der Waals surface area (Å²) in [6.45, 7) is 2.85. The second-order valence-corrected chi connectivity index (χ2v) is 4.71. The molecule has 1 heterocycles. The Kier molecular flexibility index (Phi) is 2.81. The molecule has 17 heavy (non-hydrogen) atoms. The predicted molar refractivity (Wildman–Crippen MR) is 58.1 cm³/mol. The average Bonchev–Trinajstić information content (AvgIpc) is 2.95. The molecule has 0 spiro atoms. The van der Waals surface area contributed by atoms with Crippen LogP contribution in [0.2, 0.25) is 0 Å². The Morgan fingerprint density at radius 1 is 1.53 bits per heavy atom. The van der Waals surface area contributed by atoms with Gasteiger partial charge in [0, 0.05) is 19.5 Å². The maximum absolute atomic E-state index is 11.9. The van der Waals surface area contributed by atoms with Crippen molar-refractivity contribution < 1.29 is 19.5 Å². The molecule has 6 nitrogen and oxygen atoms in total. The summed E-state index contributed by atoms with van der Waals surface area (Å²) in [5.74, 6) is -1.73. The number of likely N-dealkylation sites (tertiary alicyclic amines) is 1. The zero-order valence-corrected chi connectivity index (χ0v) is 9.73. The summed E-state index contributed by atoms with van der Waals surface area (Å²) in [6, 6.07) is 0. The minimum Gasteiger partial charge on any atom is -0.480 e. The highest BCUT2D eigenvalue weighted by atomic mass is 16.4. The molecule has 0 radical (unpaired) electrons. The molecule has 0 bridgehead atoms. The number of carboxylic acid groups (broad SMARTS) is 1. The van der Waals surface area contributed by atoms with Crippen molar-refractivity contribution in [2.75, 3.05) is 13.1 Å². The molecular formula is C11H16N2O4. The smallest absolute Gasteiger partial charge is 0.329 e. The number of nitrogens with zero attached hydrogens (tertiary/aromatic N) is 1. The Hall–Kier alpha value is -1.59. The van der Waals surface area contributed by atoms with Gasteiger partial charge in [0.1, 0.15) is 5.54 Å². The third-order valence-electron chi connectivity index (χ3n) is 3.49. The maximum atomic E-state index is 11.9. The van der Waals surface area contributed by atoms with Crippen LogP contribution in [0.25, 0.3) is 0 Å². The van der Waals surface area contributed by atoms with Gasteiger partial charge in [0.15, 0.2) is 0 Å². The van der Waals surface area contributed by atoms with Crippen LogP contribution in [0.5, 0.6) is 0 Å². The standard InChI is InChI=1S/C11H16N2O4/c1-2-13-6-7(5-8(13)14)9(15)12-11(3-4-11)10(16)17/h7H,2-6H2,1H3,(H,12,15)(H,16,17). The molecule has 2 rings (SSSR count). The van der Waals surface area contributed by atoms with Crippen LogP contribution < -0.4 is 5.32 Å². The number of rotatable bonds is 4. The van der Waals surface area contributed by atoms with Gasteiger partial charge in [0.2, 0.25) is 11.8 Å². The van der Waals surface area contributed by atoms with Crippen LogP contribution in [-0.4, -0.2) is 46.4 Å². The highest BCUT2D eigenvalue weighted by Crippen LogP contribution is 2.36. The second-order valence-electron chi connectivity index (χ2n) is 4.71. The number of carbonyl (C=O) groups excluding carboxylic acids is 2. The third-order valence-corrected chi connectivity index (χ3v) is 3.49. The van der Waals surface area contributed by atoms with Crippen LogP contribution in [0, 0.1) is 5.92 Å². The summed E-state index contributed by atoms with van der Waals surface area (Å²) >= 11 is 0. The minimum atomic E-state index is -1.06. The number of amides is 2. The summed E-state index contributed by atoms with van der Waals surface area (Å²) in [4.78, 5) is 35.9. The fourth-order valence-electron chi connectivity index (χ4n) is 2.11. The van der Waals surface area contributed by atoms with Gasteiger partial charge >= 0.3 is 5.97 Å². The maximum Gasteiger partial charge on any atom is 0.329 e. The molecule has 1 saturated carbocycles. The summed E-state index contributed by atoms with van der Waals surface area (Å²) in [7, 11) is 0. The zero-order chi connectivity index (χ0) is 12.6. The number of carboxylic acids is 1. The van der Waals surface area contributed by atoms with Gasteiger partial charge in [-0.2, -0.15) is 0 Å². The molecule has 0 aromatic heterocycles. The summed E-state index contributed by atoms with van der Waals surface area (Å²) < 4.78 is 0. The molecule has 1 atom stereocenters. The molecule has 2 amide bonds. The van der Waals surface area contributed by atoms with E-state index in [9.17, 15) is 14.4 Å². The molecular weight excluding hydrogens is 224 g/mol. The SMILES string of the molecule is CCN1CC(C(=O)NC2(C(=O)O)CC2)CC1=O. The van der Waals surface area contributed by atoms with Gasteiger partial charge in [-0.05, 0) is 19.8 Å². The van der Waals surface area contributed by atoms with Crippen molar-refractivity contribution >= 4 is 17.8 Å². The molecule has 1 aliphatic heterocycles. The van der Waals surface area contributed by atoms with Crippen LogP contribution in [0.1, 0.15) is 26.2 Å². The van der Waals surface area contributed by atoms with Crippen LogP contribution >= 0.6 is 0 Å². The first kappa shape index (κ1) is 11.9. The van der Waals surface area contributed by atoms with E-state index in [1.54, 1.807) is 4.90 Å². The number of hydrogen-bond donors (Lipinski definition) is 2. The van der Waals surface area contributed by atoms with Gasteiger partial charge in [-0.1, -0.05) is 0 Å². The predicted octanol–water partition coefficient (Wildman–Crippen LogP) is -0.412. The van der Waals surface area contributed by atoms with Crippen molar-refractivity contribution in [3.63, 3.8) is 0 Å². The van der Waals surface area contributed by atoms with E-state index in [0.717, 1.165) is 0 Å². The van der Waals surface area contributed by atoms with Crippen molar-refractivity contribution in [1.82, 2.24) is 10.2 Å². The molecule has 6 heteroatoms. The van der Waals surface area contributed by atoms with E-state index in [0.29, 0.717) is 25.9 Å². The number of hydrogen-bond acceptors (Lipinski definition) is 3. The Morgan fingerprint density at radius 3 is 2.59 bits per heavy atom. The van der Waals surface area contributed by atoms with Crippen molar-refractivity contribution in [1.29, 1.82) is 0 Å². The van der Waals surface area contributed by atoms with Gasteiger partial charge < -0.3 is 15.3 Å². The molecule has 0 aromatic rings. The highest BCUT2D eigenvalue weighted by molar-refractivity contribution is 5.94. The van der Waals surface area contributed by atoms with Crippen LogP contribution in [0.4, 0.5) is 0 Å². The summed E-state index contributed by atoms with van der Waals surface area (Å²) in [5.41, 5.74) is -1.06. The van der Waals surface area contributed by atoms with Crippen molar-refractivity contribution in [3.05, 3.63) is 0 Å². The Morgan fingerprint density at radius 2 is 2.18 bits per heavy atom. The Balaban J connectivity index is 1.94. The number of carbonyl (C=O) groups is 3. The lowest BCUT2D eigenvalue weighted by molar-refractivity contribution is -0.143. The molecule has 94 valence electrons. The van der Waals surface area contributed by atoms with Gasteiger partial charge in [0.05, 0.1) is 5.92 Å². The van der Waals surface area contributed by atoms with Crippen molar-refractivity contribution in [3.8, 4) is 0 Å². The monoisotopic (exact) mass is 240 g/mol. The summed E-state index contributed by atoms with van der Waals surface area (Å²) in [5, 5.41) is 11.5. The van der Waals surface area contributed by atoms with Gasteiger partial charge in [0.25, 0.3) is 0 Å². The highest BCUT2D eigenvalue weighted by Gasteiger charge is 2.52. The van der Waals surface area contributed by atoms with E-state index >= 15 is 0 Å². The van der Waals surface area contributed by atoms with E-state index in [1.165, 1.54) is 0 Å². The molecule has 1 saturated heterocycles.